The van der Waals surface area contributed by atoms with E-state index in [2.05, 4.69) is 20.0 Å². The van der Waals surface area contributed by atoms with Crippen LogP contribution < -0.4 is 15.5 Å². The summed E-state index contributed by atoms with van der Waals surface area (Å²) in [4.78, 5) is 24.5. The lowest BCUT2D eigenvalue weighted by atomic mass is 10.2. The van der Waals surface area contributed by atoms with Crippen molar-refractivity contribution in [2.45, 2.75) is 12.7 Å². The number of anilines is 2. The maximum absolute atomic E-state index is 13.1. The minimum absolute atomic E-state index is 0.0844. The van der Waals surface area contributed by atoms with E-state index < -0.39 is 17.6 Å². The maximum atomic E-state index is 13.1. The molecule has 0 atom stereocenters. The predicted molar refractivity (Wildman–Crippen MR) is 104 cm³/mol. The van der Waals surface area contributed by atoms with Gasteiger partial charge in [0.25, 0.3) is 0 Å². The molecule has 0 unspecified atom stereocenters. The van der Waals surface area contributed by atoms with Crippen LogP contribution in [0.3, 0.4) is 0 Å². The monoisotopic (exact) mass is 437 g/mol. The Bertz CT molecular complexity index is 1120. The third-order valence-electron chi connectivity index (χ3n) is 5.06. The lowest BCUT2D eigenvalue weighted by molar-refractivity contribution is -0.143. The quantitative estimate of drug-likeness (QED) is 0.581. The highest BCUT2D eigenvalue weighted by Gasteiger charge is 2.35. The highest BCUT2D eigenvalue weighted by molar-refractivity contribution is 5.48. The lowest BCUT2D eigenvalue weighted by Crippen LogP contribution is -2.47. The molecule has 0 spiro atoms. The van der Waals surface area contributed by atoms with Gasteiger partial charge in [-0.3, -0.25) is 9.25 Å². The fourth-order valence-electron chi connectivity index (χ4n) is 3.47. The summed E-state index contributed by atoms with van der Waals surface area (Å²) < 4.78 is 53.7. The van der Waals surface area contributed by atoms with E-state index in [1.807, 2.05) is 4.90 Å². The zero-order chi connectivity index (χ0) is 22.2. The first-order valence-electron chi connectivity index (χ1n) is 9.50. The molecule has 0 aliphatic carbocycles. The summed E-state index contributed by atoms with van der Waals surface area (Å²) in [5, 5.41) is 3.81. The molecule has 0 bridgehead atoms. The average molecular weight is 437 g/mol. The fraction of sp³-hybridized carbons (Fsp3) is 0.368. The summed E-state index contributed by atoms with van der Waals surface area (Å²) in [6.45, 7) is 2.26. The summed E-state index contributed by atoms with van der Waals surface area (Å²) in [5.74, 6) is -0.0336. The Morgan fingerprint density at radius 3 is 2.26 bits per heavy atom. The predicted octanol–water partition coefficient (Wildman–Crippen LogP) is 1.90. The Balaban J connectivity index is 1.42. The van der Waals surface area contributed by atoms with Gasteiger partial charge in [0.15, 0.2) is 0 Å². The molecule has 1 aliphatic rings. The summed E-state index contributed by atoms with van der Waals surface area (Å²) in [6, 6.07) is 7.14. The minimum atomic E-state index is -4.53. The summed E-state index contributed by atoms with van der Waals surface area (Å²) in [7, 11) is 1.19. The first-order chi connectivity index (χ1) is 14.7. The third kappa shape index (κ3) is 4.52. The minimum Gasteiger partial charge on any atom is -0.368 e. The number of benzene rings is 1. The number of piperazine rings is 1. The Morgan fingerprint density at radius 2 is 1.68 bits per heavy atom. The Morgan fingerprint density at radius 1 is 1.03 bits per heavy atom. The number of nitrogens with zero attached hydrogens (tertiary/aromatic N) is 7. The molecule has 1 aromatic carbocycles. The second-order valence-electron chi connectivity index (χ2n) is 7.16. The zero-order valence-corrected chi connectivity index (χ0v) is 16.6. The van der Waals surface area contributed by atoms with Crippen LogP contribution >= 0.6 is 0 Å². The smallest absolute Gasteiger partial charge is 0.368 e. The zero-order valence-electron chi connectivity index (χ0n) is 16.6. The molecule has 1 aliphatic heterocycles. The topological polar surface area (TPSA) is 72.1 Å². The molecule has 0 radical (unpaired) electrons. The molecule has 164 valence electrons. The van der Waals surface area contributed by atoms with Crippen LogP contribution in [-0.4, -0.2) is 50.5 Å². The van der Waals surface area contributed by atoms with Crippen LogP contribution in [0.15, 0.2) is 41.5 Å². The van der Waals surface area contributed by atoms with Crippen molar-refractivity contribution >= 4 is 11.6 Å². The number of aryl methyl sites for hydroxylation is 1. The van der Waals surface area contributed by atoms with Crippen LogP contribution in [0.2, 0.25) is 0 Å². The van der Waals surface area contributed by atoms with Gasteiger partial charge in [0, 0.05) is 38.9 Å². The number of rotatable bonds is 4. The highest BCUT2D eigenvalue weighted by Crippen LogP contribution is 2.29. The van der Waals surface area contributed by atoms with Gasteiger partial charge in [0.2, 0.25) is 5.95 Å². The van der Waals surface area contributed by atoms with Crippen molar-refractivity contribution < 1.29 is 17.6 Å². The Kier molecular flexibility index (Phi) is 5.38. The van der Waals surface area contributed by atoms with E-state index in [1.165, 1.54) is 25.5 Å². The average Bonchev–Trinajstić information content (AvgIpc) is 3.11. The molecular weight excluding hydrogens is 418 g/mol. The van der Waals surface area contributed by atoms with Gasteiger partial charge in [0.1, 0.15) is 17.8 Å². The Labute approximate surface area is 174 Å². The molecule has 8 nitrogen and oxygen atoms in total. The standard InChI is InChI=1S/C19H19F4N7O/c1-27-16(19(21,22)23)10-14(26-27)11-30-12-24-17(25-18(30)31)29-8-6-28(7-9-29)15-4-2-13(20)3-5-15/h2-5,10,12H,6-9,11H2,1H3. The van der Waals surface area contributed by atoms with Gasteiger partial charge in [-0.1, -0.05) is 0 Å². The molecule has 4 rings (SSSR count). The van der Waals surface area contributed by atoms with E-state index in [0.717, 1.165) is 21.0 Å². The van der Waals surface area contributed by atoms with Gasteiger partial charge >= 0.3 is 11.9 Å². The molecule has 0 N–H and O–H groups in total. The molecule has 31 heavy (non-hydrogen) atoms. The second kappa shape index (κ2) is 8.00. The second-order valence-corrected chi connectivity index (χ2v) is 7.16. The third-order valence-corrected chi connectivity index (χ3v) is 5.06. The largest absolute Gasteiger partial charge is 0.433 e. The van der Waals surface area contributed by atoms with Gasteiger partial charge in [-0.05, 0) is 30.3 Å². The molecule has 2 aromatic heterocycles. The summed E-state index contributed by atoms with van der Waals surface area (Å²) in [5.41, 5.74) is -0.524. The van der Waals surface area contributed by atoms with Crippen molar-refractivity contribution in [3.8, 4) is 0 Å². The highest BCUT2D eigenvalue weighted by atomic mass is 19.4. The van der Waals surface area contributed by atoms with E-state index in [4.69, 9.17) is 0 Å². The maximum Gasteiger partial charge on any atom is 0.433 e. The van der Waals surface area contributed by atoms with Crippen LogP contribution in [-0.2, 0) is 19.8 Å². The van der Waals surface area contributed by atoms with Gasteiger partial charge in [-0.25, -0.2) is 14.2 Å². The molecule has 3 heterocycles. The number of halogens is 4. The van der Waals surface area contributed by atoms with Crippen LogP contribution in [0.1, 0.15) is 11.4 Å². The van der Waals surface area contributed by atoms with E-state index >= 15 is 0 Å². The fourth-order valence-corrected chi connectivity index (χ4v) is 3.47. The number of hydrogen-bond donors (Lipinski definition) is 0. The summed E-state index contributed by atoms with van der Waals surface area (Å²) in [6.07, 6.45) is -3.26. The molecule has 0 saturated carbocycles. The molecule has 1 saturated heterocycles. The number of alkyl halides is 3. The van der Waals surface area contributed by atoms with Crippen LogP contribution in [0.25, 0.3) is 0 Å². The first-order valence-corrected chi connectivity index (χ1v) is 9.50. The van der Waals surface area contributed by atoms with Gasteiger partial charge in [-0.15, -0.1) is 0 Å². The molecular formula is C19H19F4N7O. The van der Waals surface area contributed by atoms with Crippen molar-refractivity contribution in [2.24, 2.45) is 7.05 Å². The van der Waals surface area contributed by atoms with Crippen molar-refractivity contribution in [1.82, 2.24) is 24.3 Å². The van der Waals surface area contributed by atoms with E-state index in [9.17, 15) is 22.4 Å². The van der Waals surface area contributed by atoms with E-state index in [1.54, 1.807) is 12.1 Å². The van der Waals surface area contributed by atoms with Crippen molar-refractivity contribution in [3.63, 3.8) is 0 Å². The van der Waals surface area contributed by atoms with Crippen LogP contribution in [0.5, 0.6) is 0 Å². The van der Waals surface area contributed by atoms with Crippen molar-refractivity contribution in [3.05, 3.63) is 64.3 Å². The Hall–Kier alpha value is -3.44. The van der Waals surface area contributed by atoms with Gasteiger partial charge < -0.3 is 9.80 Å². The first kappa shape index (κ1) is 20.8. The van der Waals surface area contributed by atoms with Crippen LogP contribution in [0.4, 0.5) is 29.2 Å². The molecule has 3 aromatic rings. The van der Waals surface area contributed by atoms with Crippen LogP contribution in [0, 0.1) is 5.82 Å². The lowest BCUT2D eigenvalue weighted by Gasteiger charge is -2.36. The van der Waals surface area contributed by atoms with Gasteiger partial charge in [-0.2, -0.15) is 23.3 Å². The molecule has 0 amide bonds. The molecule has 1 fully saturated rings. The normalized spacial score (nSPS) is 14.9. The molecule has 12 heteroatoms. The number of hydrogen-bond acceptors (Lipinski definition) is 6. The van der Waals surface area contributed by atoms with E-state index in [-0.39, 0.29) is 24.0 Å². The van der Waals surface area contributed by atoms with Gasteiger partial charge in [0.05, 0.1) is 12.2 Å². The summed E-state index contributed by atoms with van der Waals surface area (Å²) >= 11 is 0. The van der Waals surface area contributed by atoms with Crippen molar-refractivity contribution in [2.75, 3.05) is 36.0 Å². The SMILES string of the molecule is Cn1nc(Cn2cnc(N3CCN(c4ccc(F)cc4)CC3)nc2=O)cc1C(F)(F)F. The van der Waals surface area contributed by atoms with E-state index in [0.29, 0.717) is 26.2 Å². The van der Waals surface area contributed by atoms with Crippen molar-refractivity contribution in [1.29, 1.82) is 0 Å². The number of aromatic nitrogens is 5.